The third kappa shape index (κ3) is 2.85. The standard InChI is InChI=1S/C16H23FN2O/c1-3-19(15-6-4-5-12(15)10-18)16(20)13-9-11(2)7-8-14(13)17/h7-9,12,15H,3-6,10,18H2,1-2H3. The maximum Gasteiger partial charge on any atom is 0.257 e. The fourth-order valence-electron chi connectivity index (χ4n) is 3.19. The summed E-state index contributed by atoms with van der Waals surface area (Å²) in [5.74, 6) is -0.313. The maximum absolute atomic E-state index is 13.9. The molecule has 1 amide bonds. The summed E-state index contributed by atoms with van der Waals surface area (Å²) in [5, 5.41) is 0. The Kier molecular flexibility index (Phi) is 4.76. The van der Waals surface area contributed by atoms with Crippen molar-refractivity contribution < 1.29 is 9.18 Å². The van der Waals surface area contributed by atoms with Crippen LogP contribution in [0.2, 0.25) is 0 Å². The topological polar surface area (TPSA) is 46.3 Å². The minimum atomic E-state index is -0.443. The normalized spacial score (nSPS) is 22.0. The number of amides is 1. The Bertz CT molecular complexity index is 489. The second-order valence-electron chi connectivity index (χ2n) is 5.57. The molecule has 0 aliphatic heterocycles. The first-order chi connectivity index (χ1) is 9.58. The van der Waals surface area contributed by atoms with Gasteiger partial charge in [-0.25, -0.2) is 4.39 Å². The molecule has 1 aliphatic carbocycles. The Morgan fingerprint density at radius 2 is 2.20 bits per heavy atom. The van der Waals surface area contributed by atoms with Gasteiger partial charge in [-0.2, -0.15) is 0 Å². The van der Waals surface area contributed by atoms with Gasteiger partial charge in [0.05, 0.1) is 5.56 Å². The van der Waals surface area contributed by atoms with Crippen molar-refractivity contribution in [1.29, 1.82) is 0 Å². The van der Waals surface area contributed by atoms with Gasteiger partial charge in [0.2, 0.25) is 0 Å². The van der Waals surface area contributed by atoms with Crippen LogP contribution in [0.15, 0.2) is 18.2 Å². The van der Waals surface area contributed by atoms with Gasteiger partial charge < -0.3 is 10.6 Å². The van der Waals surface area contributed by atoms with Gasteiger partial charge in [0.1, 0.15) is 5.82 Å². The van der Waals surface area contributed by atoms with Crippen LogP contribution in [-0.2, 0) is 0 Å². The molecular formula is C16H23FN2O. The lowest BCUT2D eigenvalue weighted by Gasteiger charge is -2.32. The van der Waals surface area contributed by atoms with Crippen LogP contribution >= 0.6 is 0 Å². The monoisotopic (exact) mass is 278 g/mol. The van der Waals surface area contributed by atoms with Crippen LogP contribution in [0.25, 0.3) is 0 Å². The molecule has 0 bridgehead atoms. The van der Waals surface area contributed by atoms with E-state index in [0.29, 0.717) is 19.0 Å². The number of hydrogen-bond donors (Lipinski definition) is 1. The van der Waals surface area contributed by atoms with E-state index < -0.39 is 5.82 Å². The Balaban J connectivity index is 2.27. The third-order valence-corrected chi connectivity index (χ3v) is 4.28. The summed E-state index contributed by atoms with van der Waals surface area (Å²) < 4.78 is 13.9. The molecule has 2 rings (SSSR count). The van der Waals surface area contributed by atoms with Crippen molar-refractivity contribution in [3.05, 3.63) is 35.1 Å². The Labute approximate surface area is 120 Å². The molecule has 0 saturated heterocycles. The van der Waals surface area contributed by atoms with Crippen molar-refractivity contribution in [2.75, 3.05) is 13.1 Å². The van der Waals surface area contributed by atoms with E-state index in [-0.39, 0.29) is 17.5 Å². The lowest BCUT2D eigenvalue weighted by atomic mass is 10.0. The molecule has 1 aromatic rings. The molecule has 3 nitrogen and oxygen atoms in total. The van der Waals surface area contributed by atoms with Gasteiger partial charge in [0.15, 0.2) is 0 Å². The number of nitrogens with zero attached hydrogens (tertiary/aromatic N) is 1. The number of hydrogen-bond acceptors (Lipinski definition) is 2. The molecule has 1 aromatic carbocycles. The molecule has 0 aromatic heterocycles. The van der Waals surface area contributed by atoms with Gasteiger partial charge >= 0.3 is 0 Å². The number of carbonyl (C=O) groups excluding carboxylic acids is 1. The van der Waals surface area contributed by atoms with Crippen LogP contribution in [0.1, 0.15) is 42.1 Å². The number of halogens is 1. The molecule has 20 heavy (non-hydrogen) atoms. The minimum Gasteiger partial charge on any atom is -0.336 e. The largest absolute Gasteiger partial charge is 0.336 e. The first-order valence-electron chi connectivity index (χ1n) is 7.35. The van der Waals surface area contributed by atoms with Crippen molar-refractivity contribution in [3.63, 3.8) is 0 Å². The first kappa shape index (κ1) is 15.0. The summed E-state index contributed by atoms with van der Waals surface area (Å²) in [6.45, 7) is 4.99. The molecule has 1 saturated carbocycles. The highest BCUT2D eigenvalue weighted by Crippen LogP contribution is 2.30. The van der Waals surface area contributed by atoms with E-state index in [4.69, 9.17) is 5.73 Å². The van der Waals surface area contributed by atoms with Gasteiger partial charge in [-0.3, -0.25) is 4.79 Å². The van der Waals surface area contributed by atoms with Crippen molar-refractivity contribution in [2.45, 2.75) is 39.2 Å². The zero-order valence-corrected chi connectivity index (χ0v) is 12.2. The SMILES string of the molecule is CCN(C(=O)c1cc(C)ccc1F)C1CCCC1CN. The van der Waals surface area contributed by atoms with Gasteiger partial charge in [-0.1, -0.05) is 18.1 Å². The molecule has 2 atom stereocenters. The first-order valence-corrected chi connectivity index (χ1v) is 7.35. The number of aryl methyl sites for hydroxylation is 1. The highest BCUT2D eigenvalue weighted by molar-refractivity contribution is 5.95. The smallest absolute Gasteiger partial charge is 0.257 e. The number of rotatable bonds is 4. The van der Waals surface area contributed by atoms with E-state index in [1.165, 1.54) is 6.07 Å². The summed E-state index contributed by atoms with van der Waals surface area (Å²) in [5.41, 5.74) is 6.87. The van der Waals surface area contributed by atoms with Crippen molar-refractivity contribution in [3.8, 4) is 0 Å². The molecule has 2 unspecified atom stereocenters. The zero-order chi connectivity index (χ0) is 14.7. The Morgan fingerprint density at radius 3 is 2.85 bits per heavy atom. The average Bonchev–Trinajstić information content (AvgIpc) is 2.90. The molecule has 2 N–H and O–H groups in total. The van der Waals surface area contributed by atoms with E-state index in [1.54, 1.807) is 17.0 Å². The van der Waals surface area contributed by atoms with Gasteiger partial charge in [-0.05, 0) is 51.3 Å². The molecule has 4 heteroatoms. The maximum atomic E-state index is 13.9. The average molecular weight is 278 g/mol. The Hall–Kier alpha value is -1.42. The van der Waals surface area contributed by atoms with Gasteiger partial charge in [0.25, 0.3) is 5.91 Å². The second kappa shape index (κ2) is 6.35. The zero-order valence-electron chi connectivity index (χ0n) is 12.2. The molecule has 0 heterocycles. The predicted octanol–water partition coefficient (Wildman–Crippen LogP) is 2.72. The molecule has 110 valence electrons. The van der Waals surface area contributed by atoms with Crippen LogP contribution in [-0.4, -0.2) is 29.9 Å². The van der Waals surface area contributed by atoms with Crippen LogP contribution in [0.5, 0.6) is 0 Å². The fraction of sp³-hybridized carbons (Fsp3) is 0.562. The highest BCUT2D eigenvalue weighted by atomic mass is 19.1. The molecule has 0 spiro atoms. The number of benzene rings is 1. The number of nitrogens with two attached hydrogens (primary N) is 1. The summed E-state index contributed by atoms with van der Waals surface area (Å²) >= 11 is 0. The quantitative estimate of drug-likeness (QED) is 0.920. The van der Waals surface area contributed by atoms with E-state index in [1.807, 2.05) is 13.8 Å². The summed E-state index contributed by atoms with van der Waals surface area (Å²) in [6, 6.07) is 4.83. The lowest BCUT2D eigenvalue weighted by Crippen LogP contribution is -2.44. The second-order valence-corrected chi connectivity index (χ2v) is 5.57. The summed E-state index contributed by atoms with van der Waals surface area (Å²) in [7, 11) is 0. The predicted molar refractivity (Wildman–Crippen MR) is 78.0 cm³/mol. The summed E-state index contributed by atoms with van der Waals surface area (Å²) in [6.07, 6.45) is 3.11. The van der Waals surface area contributed by atoms with Crippen LogP contribution < -0.4 is 5.73 Å². The van der Waals surface area contributed by atoms with E-state index in [9.17, 15) is 9.18 Å². The Morgan fingerprint density at radius 1 is 1.45 bits per heavy atom. The third-order valence-electron chi connectivity index (χ3n) is 4.28. The minimum absolute atomic E-state index is 0.150. The van der Waals surface area contributed by atoms with E-state index in [2.05, 4.69) is 0 Å². The highest BCUT2D eigenvalue weighted by Gasteiger charge is 2.34. The van der Waals surface area contributed by atoms with Crippen molar-refractivity contribution >= 4 is 5.91 Å². The lowest BCUT2D eigenvalue weighted by molar-refractivity contribution is 0.0647. The fourth-order valence-corrected chi connectivity index (χ4v) is 3.19. The van der Waals surface area contributed by atoms with Crippen molar-refractivity contribution in [1.82, 2.24) is 4.90 Å². The summed E-state index contributed by atoms with van der Waals surface area (Å²) in [4.78, 5) is 14.4. The number of carbonyl (C=O) groups is 1. The van der Waals surface area contributed by atoms with Crippen LogP contribution in [0.3, 0.4) is 0 Å². The van der Waals surface area contributed by atoms with Crippen molar-refractivity contribution in [2.24, 2.45) is 11.7 Å². The van der Waals surface area contributed by atoms with Gasteiger partial charge in [-0.15, -0.1) is 0 Å². The molecule has 0 radical (unpaired) electrons. The van der Waals surface area contributed by atoms with Crippen LogP contribution in [0.4, 0.5) is 4.39 Å². The molecule has 1 aliphatic rings. The van der Waals surface area contributed by atoms with Crippen LogP contribution in [0, 0.1) is 18.7 Å². The van der Waals surface area contributed by atoms with E-state index >= 15 is 0 Å². The molecule has 1 fully saturated rings. The van der Waals surface area contributed by atoms with Gasteiger partial charge in [0, 0.05) is 12.6 Å². The van der Waals surface area contributed by atoms with E-state index in [0.717, 1.165) is 24.8 Å². The molecular weight excluding hydrogens is 255 g/mol.